The topological polar surface area (TPSA) is 34.1 Å². The zero-order valence-electron chi connectivity index (χ0n) is 16.0. The zero-order chi connectivity index (χ0) is 18.6. The van der Waals surface area contributed by atoms with Crippen molar-refractivity contribution >= 4 is 11.6 Å². The Kier molecular flexibility index (Phi) is 5.52. The Bertz CT molecular complexity index is 839. The van der Waals surface area contributed by atoms with E-state index in [1.54, 1.807) is 12.1 Å². The average molecular weight is 360 g/mol. The highest BCUT2D eigenvalue weighted by molar-refractivity contribution is 6.28. The lowest BCUT2D eigenvalue weighted by molar-refractivity contribution is 0.0978. The van der Waals surface area contributed by atoms with Gasteiger partial charge in [0.25, 0.3) is 0 Å². The minimum atomic E-state index is -0.00648. The van der Waals surface area contributed by atoms with E-state index in [1.165, 1.54) is 57.8 Å². The molecule has 2 heteroatoms. The van der Waals surface area contributed by atoms with E-state index in [1.807, 2.05) is 24.3 Å². The second-order valence-electron chi connectivity index (χ2n) is 8.17. The summed E-state index contributed by atoms with van der Waals surface area (Å²) < 4.78 is 0. The van der Waals surface area contributed by atoms with E-state index in [2.05, 4.69) is 6.07 Å². The van der Waals surface area contributed by atoms with Gasteiger partial charge in [-0.1, -0.05) is 100 Å². The van der Waals surface area contributed by atoms with Gasteiger partial charge in [0.15, 0.2) is 11.6 Å². The molecule has 0 amide bonds. The molecule has 0 radical (unpaired) electrons. The molecule has 140 valence electrons. The lowest BCUT2D eigenvalue weighted by Crippen LogP contribution is -2.23. The molecule has 0 bridgehead atoms. The first-order chi connectivity index (χ1) is 13.3. The van der Waals surface area contributed by atoms with Crippen molar-refractivity contribution in [3.8, 4) is 0 Å². The van der Waals surface area contributed by atoms with Gasteiger partial charge in [-0.15, -0.1) is 0 Å². The summed E-state index contributed by atoms with van der Waals surface area (Å²) in [5, 5.41) is 0. The van der Waals surface area contributed by atoms with E-state index in [-0.39, 0.29) is 11.6 Å². The van der Waals surface area contributed by atoms with Crippen LogP contribution in [0.4, 0.5) is 0 Å². The molecule has 1 saturated carbocycles. The van der Waals surface area contributed by atoms with E-state index in [9.17, 15) is 9.59 Å². The molecular formula is C25H28O2. The van der Waals surface area contributed by atoms with Crippen molar-refractivity contribution in [2.24, 2.45) is 5.92 Å². The predicted molar refractivity (Wildman–Crippen MR) is 108 cm³/mol. The number of benzene rings is 2. The van der Waals surface area contributed by atoms with Crippen LogP contribution in [0.5, 0.6) is 0 Å². The van der Waals surface area contributed by atoms with E-state index in [0.29, 0.717) is 28.2 Å². The summed E-state index contributed by atoms with van der Waals surface area (Å²) in [4.78, 5) is 26.1. The fourth-order valence-corrected chi connectivity index (χ4v) is 4.80. The highest BCUT2D eigenvalue weighted by atomic mass is 16.1. The molecule has 2 aliphatic carbocycles. The summed E-state index contributed by atoms with van der Waals surface area (Å²) in [7, 11) is 0. The van der Waals surface area contributed by atoms with Gasteiger partial charge >= 0.3 is 0 Å². The molecule has 27 heavy (non-hydrogen) atoms. The van der Waals surface area contributed by atoms with Crippen molar-refractivity contribution < 1.29 is 9.59 Å². The molecule has 0 spiro atoms. The molecule has 0 N–H and O–H groups in total. The predicted octanol–water partition coefficient (Wildman–Crippen LogP) is 6.15. The Morgan fingerprint density at radius 2 is 1.19 bits per heavy atom. The van der Waals surface area contributed by atoms with E-state index in [0.717, 1.165) is 12.0 Å². The fourth-order valence-electron chi connectivity index (χ4n) is 4.80. The highest BCUT2D eigenvalue weighted by Crippen LogP contribution is 2.32. The number of hydrogen-bond donors (Lipinski definition) is 0. The van der Waals surface area contributed by atoms with Crippen LogP contribution in [0.2, 0.25) is 0 Å². The molecule has 0 heterocycles. The van der Waals surface area contributed by atoms with Crippen molar-refractivity contribution in [1.29, 1.82) is 0 Å². The quantitative estimate of drug-likeness (QED) is 0.549. The third-order valence-corrected chi connectivity index (χ3v) is 6.27. The van der Waals surface area contributed by atoms with Crippen molar-refractivity contribution in [3.63, 3.8) is 0 Å². The van der Waals surface area contributed by atoms with Gasteiger partial charge in [-0.05, 0) is 17.9 Å². The number of rotatable bonds is 2. The van der Waals surface area contributed by atoms with Gasteiger partial charge in [-0.3, -0.25) is 9.59 Å². The first kappa shape index (κ1) is 18.2. The van der Waals surface area contributed by atoms with Gasteiger partial charge in [0.05, 0.1) is 0 Å². The lowest BCUT2D eigenvalue weighted by atomic mass is 9.79. The van der Waals surface area contributed by atoms with Crippen molar-refractivity contribution in [2.45, 2.75) is 64.2 Å². The SMILES string of the molecule is O=C1c2ccccc2C(=O)c2c(CC3CCCCCCCCC3)cccc21. The minimum Gasteiger partial charge on any atom is -0.289 e. The standard InChI is InChI=1S/C25H28O2/c26-24-20-14-8-9-15-21(20)25(27)23-19(13-10-16-22(23)24)17-18-11-6-4-2-1-3-5-7-12-18/h8-10,13-16,18H,1-7,11-12,17H2. The summed E-state index contributed by atoms with van der Waals surface area (Å²) >= 11 is 0. The number of carbonyl (C=O) groups excluding carboxylic acids is 2. The van der Waals surface area contributed by atoms with Gasteiger partial charge < -0.3 is 0 Å². The van der Waals surface area contributed by atoms with Gasteiger partial charge in [0.2, 0.25) is 0 Å². The second-order valence-corrected chi connectivity index (χ2v) is 8.17. The summed E-state index contributed by atoms with van der Waals surface area (Å²) in [6.07, 6.45) is 12.7. The Hall–Kier alpha value is -2.22. The molecule has 2 nitrogen and oxygen atoms in total. The number of ketones is 2. The van der Waals surface area contributed by atoms with Crippen LogP contribution in [-0.2, 0) is 6.42 Å². The van der Waals surface area contributed by atoms with Gasteiger partial charge in [-0.25, -0.2) is 0 Å². The molecule has 2 aromatic carbocycles. The molecular weight excluding hydrogens is 332 g/mol. The largest absolute Gasteiger partial charge is 0.289 e. The van der Waals surface area contributed by atoms with Crippen molar-refractivity contribution in [3.05, 3.63) is 70.3 Å². The summed E-state index contributed by atoms with van der Waals surface area (Å²) in [6, 6.07) is 13.1. The Morgan fingerprint density at radius 3 is 1.85 bits per heavy atom. The van der Waals surface area contributed by atoms with Crippen LogP contribution in [0.15, 0.2) is 42.5 Å². The minimum absolute atomic E-state index is 0.00648. The molecule has 2 aliphatic rings. The highest BCUT2D eigenvalue weighted by Gasteiger charge is 2.31. The Labute approximate surface area is 162 Å². The molecule has 0 atom stereocenters. The number of hydrogen-bond acceptors (Lipinski definition) is 2. The third kappa shape index (κ3) is 3.76. The summed E-state index contributed by atoms with van der Waals surface area (Å²) in [5.41, 5.74) is 3.44. The van der Waals surface area contributed by atoms with Gasteiger partial charge in [0.1, 0.15) is 0 Å². The summed E-state index contributed by atoms with van der Waals surface area (Å²) in [6.45, 7) is 0. The maximum atomic E-state index is 13.2. The van der Waals surface area contributed by atoms with Crippen molar-refractivity contribution in [1.82, 2.24) is 0 Å². The van der Waals surface area contributed by atoms with Crippen LogP contribution in [0, 0.1) is 5.92 Å². The van der Waals surface area contributed by atoms with Crippen LogP contribution < -0.4 is 0 Å². The van der Waals surface area contributed by atoms with E-state index in [4.69, 9.17) is 0 Å². The molecule has 0 saturated heterocycles. The number of fused-ring (bicyclic) bond motifs is 2. The normalized spacial score (nSPS) is 18.7. The molecule has 1 fully saturated rings. The Morgan fingerprint density at radius 1 is 0.630 bits per heavy atom. The van der Waals surface area contributed by atoms with Crippen LogP contribution in [0.1, 0.15) is 95.2 Å². The first-order valence-corrected chi connectivity index (χ1v) is 10.6. The summed E-state index contributed by atoms with van der Waals surface area (Å²) in [5.74, 6) is 0.637. The van der Waals surface area contributed by atoms with Crippen molar-refractivity contribution in [2.75, 3.05) is 0 Å². The monoisotopic (exact) mass is 360 g/mol. The molecule has 4 rings (SSSR count). The van der Waals surface area contributed by atoms with Crippen LogP contribution in [0.3, 0.4) is 0 Å². The zero-order valence-corrected chi connectivity index (χ0v) is 16.0. The molecule has 2 aromatic rings. The second kappa shape index (κ2) is 8.21. The third-order valence-electron chi connectivity index (χ3n) is 6.27. The maximum Gasteiger partial charge on any atom is 0.194 e. The smallest absolute Gasteiger partial charge is 0.194 e. The van der Waals surface area contributed by atoms with Crippen LogP contribution in [-0.4, -0.2) is 11.6 Å². The lowest BCUT2D eigenvalue weighted by Gasteiger charge is -2.23. The average Bonchev–Trinajstić information content (AvgIpc) is 2.71. The fraction of sp³-hybridized carbons (Fsp3) is 0.440. The van der Waals surface area contributed by atoms with Crippen LogP contribution >= 0.6 is 0 Å². The first-order valence-electron chi connectivity index (χ1n) is 10.6. The van der Waals surface area contributed by atoms with Gasteiger partial charge in [-0.2, -0.15) is 0 Å². The van der Waals surface area contributed by atoms with Gasteiger partial charge in [0, 0.05) is 22.3 Å². The van der Waals surface area contributed by atoms with Crippen LogP contribution in [0.25, 0.3) is 0 Å². The Balaban J connectivity index is 1.63. The van der Waals surface area contributed by atoms with E-state index < -0.39 is 0 Å². The molecule has 0 aromatic heterocycles. The molecule has 0 unspecified atom stereocenters. The number of carbonyl (C=O) groups is 2. The maximum absolute atomic E-state index is 13.2. The molecule has 0 aliphatic heterocycles. The van der Waals surface area contributed by atoms with E-state index >= 15 is 0 Å².